The molecule has 0 aliphatic carbocycles. The van der Waals surface area contributed by atoms with Crippen LogP contribution in [-0.2, 0) is 16.1 Å². The average Bonchev–Trinajstić information content (AvgIpc) is 2.03. The van der Waals surface area contributed by atoms with Crippen molar-refractivity contribution >= 4 is 33.4 Å². The molecule has 0 aliphatic rings. The van der Waals surface area contributed by atoms with Crippen LogP contribution in [0.15, 0.2) is 23.1 Å². The van der Waals surface area contributed by atoms with Crippen molar-refractivity contribution < 1.29 is 12.3 Å². The Bertz CT molecular complexity index is 417. The summed E-state index contributed by atoms with van der Waals surface area (Å²) in [6.07, 6.45) is 0. The lowest BCUT2D eigenvalue weighted by Crippen LogP contribution is -1.97. The summed E-state index contributed by atoms with van der Waals surface area (Å²) in [7, 11) is -4.74. The van der Waals surface area contributed by atoms with Crippen molar-refractivity contribution in [3.8, 4) is 0 Å². The molecule has 6 heteroatoms. The maximum absolute atomic E-state index is 12.6. The van der Waals surface area contributed by atoms with Crippen LogP contribution in [0.5, 0.6) is 0 Å². The minimum absolute atomic E-state index is 0.0738. The second-order valence-electron chi connectivity index (χ2n) is 2.32. The molecule has 0 spiro atoms. The van der Waals surface area contributed by atoms with Gasteiger partial charge in [-0.2, -0.15) is 8.42 Å². The summed E-state index contributed by atoms with van der Waals surface area (Å²) in [6.45, 7) is 0. The lowest BCUT2D eigenvalue weighted by atomic mass is 10.2. The Morgan fingerprint density at radius 3 is 2.46 bits per heavy atom. The van der Waals surface area contributed by atoms with Crippen LogP contribution >= 0.6 is 23.2 Å². The van der Waals surface area contributed by atoms with Crippen LogP contribution in [0.25, 0.3) is 0 Å². The van der Waals surface area contributed by atoms with E-state index in [-0.39, 0.29) is 16.5 Å². The summed E-state index contributed by atoms with van der Waals surface area (Å²) in [4.78, 5) is -0.463. The molecule has 0 saturated carbocycles. The van der Waals surface area contributed by atoms with Crippen LogP contribution < -0.4 is 0 Å². The quantitative estimate of drug-likeness (QED) is 0.591. The van der Waals surface area contributed by atoms with E-state index in [4.69, 9.17) is 23.2 Å². The Kier molecular flexibility index (Phi) is 3.16. The summed E-state index contributed by atoms with van der Waals surface area (Å²) >= 11 is 10.9. The summed E-state index contributed by atoms with van der Waals surface area (Å²) in [5.41, 5.74) is 0.202. The van der Waals surface area contributed by atoms with Gasteiger partial charge in [0.15, 0.2) is 0 Å². The second kappa shape index (κ2) is 3.82. The van der Waals surface area contributed by atoms with Gasteiger partial charge in [0, 0.05) is 10.9 Å². The normalized spacial score (nSPS) is 11.6. The Labute approximate surface area is 85.5 Å². The topological polar surface area (TPSA) is 34.1 Å². The highest BCUT2D eigenvalue weighted by Crippen LogP contribution is 2.23. The maximum Gasteiger partial charge on any atom is 0.332 e. The number of hydrogen-bond donors (Lipinski definition) is 0. The van der Waals surface area contributed by atoms with Crippen LogP contribution in [0.2, 0.25) is 5.02 Å². The van der Waals surface area contributed by atoms with E-state index in [9.17, 15) is 12.3 Å². The first-order valence-electron chi connectivity index (χ1n) is 3.24. The first-order chi connectivity index (χ1) is 5.95. The van der Waals surface area contributed by atoms with E-state index in [2.05, 4.69) is 0 Å². The third-order valence-electron chi connectivity index (χ3n) is 1.44. The van der Waals surface area contributed by atoms with Crippen LogP contribution in [0.1, 0.15) is 5.56 Å². The molecular formula is C7H5Cl2FO2S. The molecular weight excluding hydrogens is 238 g/mol. The fourth-order valence-electron chi connectivity index (χ4n) is 0.866. The van der Waals surface area contributed by atoms with E-state index in [0.29, 0.717) is 0 Å². The fourth-order valence-corrected chi connectivity index (χ4v) is 2.14. The minimum atomic E-state index is -4.74. The van der Waals surface area contributed by atoms with Crippen LogP contribution in [0, 0.1) is 0 Å². The van der Waals surface area contributed by atoms with Crippen molar-refractivity contribution in [2.75, 3.05) is 0 Å². The van der Waals surface area contributed by atoms with Gasteiger partial charge in [0.1, 0.15) is 4.90 Å². The lowest BCUT2D eigenvalue weighted by Gasteiger charge is -2.02. The number of rotatable bonds is 2. The third kappa shape index (κ3) is 2.56. The molecule has 0 atom stereocenters. The molecule has 72 valence electrons. The zero-order chi connectivity index (χ0) is 10.1. The number of benzene rings is 1. The van der Waals surface area contributed by atoms with Gasteiger partial charge in [0.25, 0.3) is 0 Å². The van der Waals surface area contributed by atoms with Gasteiger partial charge in [-0.05, 0) is 17.7 Å². The van der Waals surface area contributed by atoms with Gasteiger partial charge < -0.3 is 0 Å². The van der Waals surface area contributed by atoms with E-state index < -0.39 is 15.1 Å². The summed E-state index contributed by atoms with van der Waals surface area (Å²) in [6, 6.07) is 3.87. The van der Waals surface area contributed by atoms with Gasteiger partial charge in [-0.15, -0.1) is 15.5 Å². The van der Waals surface area contributed by atoms with Gasteiger partial charge in [-0.25, -0.2) is 0 Å². The molecule has 0 radical (unpaired) electrons. The van der Waals surface area contributed by atoms with Crippen molar-refractivity contribution in [1.82, 2.24) is 0 Å². The molecule has 0 amide bonds. The molecule has 0 heterocycles. The maximum atomic E-state index is 12.6. The zero-order valence-electron chi connectivity index (χ0n) is 6.30. The Morgan fingerprint density at radius 2 is 2.00 bits per heavy atom. The highest BCUT2D eigenvalue weighted by molar-refractivity contribution is 7.86. The summed E-state index contributed by atoms with van der Waals surface area (Å²) in [5.74, 6) is -0.0738. The monoisotopic (exact) mass is 242 g/mol. The average molecular weight is 243 g/mol. The van der Waals surface area contributed by atoms with Gasteiger partial charge in [0.05, 0.1) is 0 Å². The lowest BCUT2D eigenvalue weighted by molar-refractivity contribution is 0.551. The predicted molar refractivity (Wildman–Crippen MR) is 49.3 cm³/mol. The smallest absolute Gasteiger partial charge is 0.189 e. The van der Waals surface area contributed by atoms with Crippen molar-refractivity contribution in [2.24, 2.45) is 0 Å². The number of alkyl halides is 1. The predicted octanol–water partition coefficient (Wildman–Crippen LogP) is 2.74. The van der Waals surface area contributed by atoms with Crippen molar-refractivity contribution in [3.05, 3.63) is 28.8 Å². The van der Waals surface area contributed by atoms with Crippen molar-refractivity contribution in [3.63, 3.8) is 0 Å². The number of halogens is 3. The van der Waals surface area contributed by atoms with Crippen LogP contribution in [0.3, 0.4) is 0 Å². The summed E-state index contributed by atoms with van der Waals surface area (Å²) < 4.78 is 33.8. The fraction of sp³-hybridized carbons (Fsp3) is 0.143. The first-order valence-corrected chi connectivity index (χ1v) is 5.54. The highest BCUT2D eigenvalue weighted by Gasteiger charge is 2.16. The molecule has 0 N–H and O–H groups in total. The van der Waals surface area contributed by atoms with Gasteiger partial charge in [-0.1, -0.05) is 17.7 Å². The van der Waals surface area contributed by atoms with E-state index in [0.717, 1.165) is 6.07 Å². The van der Waals surface area contributed by atoms with Crippen molar-refractivity contribution in [2.45, 2.75) is 10.8 Å². The Morgan fingerprint density at radius 1 is 1.38 bits per heavy atom. The van der Waals surface area contributed by atoms with Crippen LogP contribution in [-0.4, -0.2) is 8.42 Å². The molecule has 1 rings (SSSR count). The second-order valence-corrected chi connectivity index (χ2v) is 4.34. The first kappa shape index (κ1) is 10.8. The van der Waals surface area contributed by atoms with Crippen LogP contribution in [0.4, 0.5) is 3.89 Å². The molecule has 1 aromatic rings. The van der Waals surface area contributed by atoms with Gasteiger partial charge >= 0.3 is 10.2 Å². The Balaban J connectivity index is 3.41. The molecule has 0 aromatic heterocycles. The SMILES string of the molecule is O=S(=O)(F)c1cc(Cl)ccc1CCl. The molecule has 1 aromatic carbocycles. The molecule has 0 fully saturated rings. The molecule has 2 nitrogen and oxygen atoms in total. The largest absolute Gasteiger partial charge is 0.332 e. The summed E-state index contributed by atoms with van der Waals surface area (Å²) in [5, 5.41) is 0.157. The standard InChI is InChI=1S/C7H5Cl2FO2S/c8-4-5-1-2-6(9)3-7(5)13(10,11)12/h1-3H,4H2. The molecule has 0 unspecified atom stereocenters. The van der Waals surface area contributed by atoms with E-state index in [1.54, 1.807) is 0 Å². The van der Waals surface area contributed by atoms with Gasteiger partial charge in [0.2, 0.25) is 0 Å². The third-order valence-corrected chi connectivity index (χ3v) is 2.86. The minimum Gasteiger partial charge on any atom is -0.189 e. The highest BCUT2D eigenvalue weighted by atomic mass is 35.5. The molecule has 13 heavy (non-hydrogen) atoms. The number of hydrogen-bond acceptors (Lipinski definition) is 2. The molecule has 0 saturated heterocycles. The molecule has 0 bridgehead atoms. The van der Waals surface area contributed by atoms with Gasteiger partial charge in [-0.3, -0.25) is 0 Å². The zero-order valence-corrected chi connectivity index (χ0v) is 8.63. The van der Waals surface area contributed by atoms with E-state index in [1.807, 2.05) is 0 Å². The van der Waals surface area contributed by atoms with E-state index >= 15 is 0 Å². The van der Waals surface area contributed by atoms with Crippen molar-refractivity contribution in [1.29, 1.82) is 0 Å². The molecule has 0 aliphatic heterocycles. The van der Waals surface area contributed by atoms with E-state index in [1.165, 1.54) is 12.1 Å². The Hall–Kier alpha value is -0.320.